The molecule has 7 heteroatoms. The summed E-state index contributed by atoms with van der Waals surface area (Å²) in [7, 11) is 0. The highest BCUT2D eigenvalue weighted by atomic mass is 32.1. The summed E-state index contributed by atoms with van der Waals surface area (Å²) in [6.45, 7) is 8.99. The molecule has 1 aliphatic rings. The van der Waals surface area contributed by atoms with E-state index < -0.39 is 0 Å². The number of anilines is 1. The van der Waals surface area contributed by atoms with Crippen LogP contribution in [0.25, 0.3) is 10.2 Å². The van der Waals surface area contributed by atoms with Crippen molar-refractivity contribution in [3.05, 3.63) is 45.6 Å². The first-order valence-corrected chi connectivity index (χ1v) is 10.9. The molecule has 0 aliphatic carbocycles. The summed E-state index contributed by atoms with van der Waals surface area (Å²) in [5.74, 6) is 0.0348. The Morgan fingerprint density at radius 1 is 1.22 bits per heavy atom. The van der Waals surface area contributed by atoms with Crippen molar-refractivity contribution in [2.45, 2.75) is 13.8 Å². The van der Waals surface area contributed by atoms with E-state index in [9.17, 15) is 4.79 Å². The number of carbonyl (C=O) groups is 1. The number of morpholine rings is 1. The molecule has 1 aliphatic heterocycles. The van der Waals surface area contributed by atoms with Gasteiger partial charge in [0.1, 0.15) is 0 Å². The highest BCUT2D eigenvalue weighted by Crippen LogP contribution is 2.34. The number of ether oxygens (including phenoxy) is 1. The number of thiazole rings is 1. The van der Waals surface area contributed by atoms with Crippen molar-refractivity contribution in [1.29, 1.82) is 0 Å². The Labute approximate surface area is 167 Å². The number of hydrogen-bond acceptors (Lipinski definition) is 6. The van der Waals surface area contributed by atoms with Crippen molar-refractivity contribution < 1.29 is 9.53 Å². The molecule has 0 saturated carbocycles. The number of nitrogens with zero attached hydrogens (tertiary/aromatic N) is 3. The Kier molecular flexibility index (Phi) is 5.54. The molecular formula is C20H23N3O2S2. The van der Waals surface area contributed by atoms with Crippen molar-refractivity contribution in [2.75, 3.05) is 44.3 Å². The summed E-state index contributed by atoms with van der Waals surface area (Å²) >= 11 is 3.09. The third-order valence-corrected chi connectivity index (χ3v) is 6.95. The number of hydrogen-bond donors (Lipinski definition) is 0. The zero-order valence-electron chi connectivity index (χ0n) is 15.6. The van der Waals surface area contributed by atoms with Gasteiger partial charge >= 0.3 is 0 Å². The molecule has 2 aromatic heterocycles. The van der Waals surface area contributed by atoms with Crippen LogP contribution in [0.4, 0.5) is 5.13 Å². The Hall–Kier alpha value is -1.80. The summed E-state index contributed by atoms with van der Waals surface area (Å²) in [5.41, 5.74) is 3.36. The van der Waals surface area contributed by atoms with Gasteiger partial charge < -0.3 is 4.74 Å². The van der Waals surface area contributed by atoms with Gasteiger partial charge in [-0.1, -0.05) is 29.5 Å². The van der Waals surface area contributed by atoms with Crippen LogP contribution >= 0.6 is 22.7 Å². The first-order valence-electron chi connectivity index (χ1n) is 9.15. The van der Waals surface area contributed by atoms with E-state index in [0.717, 1.165) is 53.9 Å². The molecule has 3 heterocycles. The van der Waals surface area contributed by atoms with Gasteiger partial charge in [0.2, 0.25) is 0 Å². The van der Waals surface area contributed by atoms with Crippen LogP contribution in [0.1, 0.15) is 20.8 Å². The zero-order valence-corrected chi connectivity index (χ0v) is 17.2. The highest BCUT2D eigenvalue weighted by Gasteiger charge is 2.24. The fraction of sp³-hybridized carbons (Fsp3) is 0.400. The van der Waals surface area contributed by atoms with Gasteiger partial charge in [-0.05, 0) is 36.4 Å². The minimum absolute atomic E-state index is 0.0348. The van der Waals surface area contributed by atoms with Crippen LogP contribution in [0.15, 0.2) is 29.6 Å². The lowest BCUT2D eigenvalue weighted by molar-refractivity contribution is 0.0391. The predicted octanol–water partition coefficient (Wildman–Crippen LogP) is 3.95. The van der Waals surface area contributed by atoms with Gasteiger partial charge in [-0.3, -0.25) is 14.6 Å². The van der Waals surface area contributed by atoms with Crippen LogP contribution in [0.5, 0.6) is 0 Å². The maximum absolute atomic E-state index is 13.2. The lowest BCUT2D eigenvalue weighted by atomic mass is 10.1. The van der Waals surface area contributed by atoms with Crippen molar-refractivity contribution >= 4 is 43.9 Å². The highest BCUT2D eigenvalue weighted by molar-refractivity contribution is 7.22. The molecule has 0 bridgehead atoms. The molecule has 142 valence electrons. The van der Waals surface area contributed by atoms with E-state index in [1.54, 1.807) is 11.3 Å². The van der Waals surface area contributed by atoms with Gasteiger partial charge in [0.05, 0.1) is 28.3 Å². The Morgan fingerprint density at radius 3 is 2.70 bits per heavy atom. The van der Waals surface area contributed by atoms with Gasteiger partial charge in [-0.2, -0.15) is 0 Å². The second kappa shape index (κ2) is 8.06. The number of aromatic nitrogens is 1. The molecule has 0 atom stereocenters. The van der Waals surface area contributed by atoms with Crippen molar-refractivity contribution in [2.24, 2.45) is 0 Å². The van der Waals surface area contributed by atoms with Crippen LogP contribution in [-0.2, 0) is 4.74 Å². The Bertz CT molecular complexity index is 891. The predicted molar refractivity (Wildman–Crippen MR) is 112 cm³/mol. The zero-order chi connectivity index (χ0) is 18.8. The lowest BCUT2D eigenvalue weighted by Gasteiger charge is -2.29. The monoisotopic (exact) mass is 401 g/mol. The molecule has 1 amide bonds. The van der Waals surface area contributed by atoms with Crippen LogP contribution in [0.3, 0.4) is 0 Å². The number of amides is 1. The number of rotatable bonds is 5. The topological polar surface area (TPSA) is 45.7 Å². The minimum atomic E-state index is 0.0348. The van der Waals surface area contributed by atoms with E-state index in [4.69, 9.17) is 9.72 Å². The molecule has 0 unspecified atom stereocenters. The average Bonchev–Trinajstić information content (AvgIpc) is 3.36. The fourth-order valence-electron chi connectivity index (χ4n) is 3.25. The molecule has 27 heavy (non-hydrogen) atoms. The quantitative estimate of drug-likeness (QED) is 0.649. The third kappa shape index (κ3) is 3.91. The van der Waals surface area contributed by atoms with Gasteiger partial charge in [0.15, 0.2) is 5.13 Å². The van der Waals surface area contributed by atoms with Gasteiger partial charge in [-0.25, -0.2) is 4.98 Å². The number of aryl methyl sites for hydroxylation is 2. The summed E-state index contributed by atoms with van der Waals surface area (Å²) < 4.78 is 6.60. The van der Waals surface area contributed by atoms with Crippen LogP contribution in [0.2, 0.25) is 0 Å². The van der Waals surface area contributed by atoms with E-state index >= 15 is 0 Å². The third-order valence-electron chi connectivity index (χ3n) is 4.88. The molecule has 0 radical (unpaired) electrons. The van der Waals surface area contributed by atoms with E-state index in [1.165, 1.54) is 21.6 Å². The SMILES string of the molecule is Cc1ccc(C)c2sc(N(CCN3CCOCC3)C(=O)c3cccs3)nc12. The molecule has 1 saturated heterocycles. The fourth-order valence-corrected chi connectivity index (χ4v) is 5.06. The summed E-state index contributed by atoms with van der Waals surface area (Å²) in [4.78, 5) is 23.0. The van der Waals surface area contributed by atoms with Crippen LogP contribution in [-0.4, -0.2) is 55.2 Å². The summed E-state index contributed by atoms with van der Waals surface area (Å²) in [6.07, 6.45) is 0. The first kappa shape index (κ1) is 18.6. The number of fused-ring (bicyclic) bond motifs is 1. The maximum atomic E-state index is 13.2. The minimum Gasteiger partial charge on any atom is -0.379 e. The smallest absolute Gasteiger partial charge is 0.270 e. The average molecular weight is 402 g/mol. The standard InChI is InChI=1S/C20H23N3O2S2/c1-14-5-6-15(2)18-17(14)21-20(27-18)23(19(24)16-4-3-13-26-16)8-7-22-9-11-25-12-10-22/h3-6,13H,7-12H2,1-2H3. The van der Waals surface area contributed by atoms with E-state index in [0.29, 0.717) is 6.54 Å². The van der Waals surface area contributed by atoms with E-state index in [2.05, 4.69) is 30.9 Å². The van der Waals surface area contributed by atoms with E-state index in [1.807, 2.05) is 22.4 Å². The molecule has 0 N–H and O–H groups in total. The summed E-state index contributed by atoms with van der Waals surface area (Å²) in [5, 5.41) is 2.73. The van der Waals surface area contributed by atoms with Crippen molar-refractivity contribution in [1.82, 2.24) is 9.88 Å². The molecule has 3 aromatic rings. The second-order valence-electron chi connectivity index (χ2n) is 6.76. The lowest BCUT2D eigenvalue weighted by Crippen LogP contribution is -2.43. The van der Waals surface area contributed by atoms with Crippen molar-refractivity contribution in [3.8, 4) is 0 Å². The number of benzene rings is 1. The normalized spacial score (nSPS) is 15.3. The molecule has 5 nitrogen and oxygen atoms in total. The Morgan fingerprint density at radius 2 is 2.00 bits per heavy atom. The van der Waals surface area contributed by atoms with E-state index in [-0.39, 0.29) is 5.91 Å². The number of carbonyl (C=O) groups excluding carboxylic acids is 1. The number of thiophene rings is 1. The molecule has 4 rings (SSSR count). The van der Waals surface area contributed by atoms with Crippen molar-refractivity contribution in [3.63, 3.8) is 0 Å². The molecular weight excluding hydrogens is 378 g/mol. The largest absolute Gasteiger partial charge is 0.379 e. The molecule has 0 spiro atoms. The Balaban J connectivity index is 1.65. The second-order valence-corrected chi connectivity index (χ2v) is 8.69. The maximum Gasteiger partial charge on any atom is 0.270 e. The molecule has 1 fully saturated rings. The van der Waals surface area contributed by atoms with Gasteiger partial charge in [0, 0.05) is 26.2 Å². The summed E-state index contributed by atoms with van der Waals surface area (Å²) in [6, 6.07) is 8.03. The van der Waals surface area contributed by atoms with Gasteiger partial charge in [-0.15, -0.1) is 11.3 Å². The molecule has 1 aromatic carbocycles. The first-order chi connectivity index (χ1) is 13.1. The van der Waals surface area contributed by atoms with Gasteiger partial charge in [0.25, 0.3) is 5.91 Å². The van der Waals surface area contributed by atoms with Crippen LogP contribution < -0.4 is 4.90 Å². The van der Waals surface area contributed by atoms with Crippen LogP contribution in [0, 0.1) is 13.8 Å².